The molecular formula is C10H24SSi. The van der Waals surface area contributed by atoms with Crippen LogP contribution in [0.1, 0.15) is 58.3 Å². The van der Waals surface area contributed by atoms with Gasteiger partial charge >= 0.3 is 0 Å². The molecule has 0 amide bonds. The van der Waals surface area contributed by atoms with Gasteiger partial charge in [0, 0.05) is 10.2 Å². The second-order valence-electron chi connectivity index (χ2n) is 3.76. The Bertz CT molecular complexity index is 83.9. The van der Waals surface area contributed by atoms with Crippen LogP contribution in [0.4, 0.5) is 0 Å². The van der Waals surface area contributed by atoms with E-state index in [0.29, 0.717) is 0 Å². The lowest BCUT2D eigenvalue weighted by atomic mass is 10.1. The molecule has 0 aliphatic carbocycles. The molecule has 0 aromatic heterocycles. The van der Waals surface area contributed by atoms with E-state index in [9.17, 15) is 0 Å². The molecule has 0 rings (SSSR count). The molecule has 0 aliphatic heterocycles. The topological polar surface area (TPSA) is 0 Å². The summed E-state index contributed by atoms with van der Waals surface area (Å²) in [7, 11) is 1.25. The molecule has 0 bridgehead atoms. The van der Waals surface area contributed by atoms with Gasteiger partial charge in [-0.3, -0.25) is 0 Å². The van der Waals surface area contributed by atoms with E-state index < -0.39 is 0 Å². The monoisotopic (exact) mass is 204 g/mol. The first-order chi connectivity index (χ1) is 5.77. The van der Waals surface area contributed by atoms with E-state index in [4.69, 9.17) is 0 Å². The number of rotatable bonds is 8. The van der Waals surface area contributed by atoms with Crippen molar-refractivity contribution in [2.75, 3.05) is 0 Å². The van der Waals surface area contributed by atoms with Crippen LogP contribution in [0.5, 0.6) is 0 Å². The number of hydrogen-bond acceptors (Lipinski definition) is 1. The SMILES string of the molecule is CCCCCCCCCC([SiH3])S. The molecule has 74 valence electrons. The highest BCUT2D eigenvalue weighted by molar-refractivity contribution is 7.82. The van der Waals surface area contributed by atoms with E-state index in [2.05, 4.69) is 19.6 Å². The summed E-state index contributed by atoms with van der Waals surface area (Å²) in [5.41, 5.74) is 0. The van der Waals surface area contributed by atoms with Crippen molar-refractivity contribution in [3.05, 3.63) is 0 Å². The lowest BCUT2D eigenvalue weighted by molar-refractivity contribution is 0.583. The summed E-state index contributed by atoms with van der Waals surface area (Å²) in [6.45, 7) is 2.27. The van der Waals surface area contributed by atoms with E-state index in [1.54, 1.807) is 0 Å². The molecule has 0 nitrogen and oxygen atoms in total. The molecule has 0 N–H and O–H groups in total. The van der Waals surface area contributed by atoms with Gasteiger partial charge in [-0.15, -0.1) is 0 Å². The maximum atomic E-state index is 4.42. The van der Waals surface area contributed by atoms with E-state index in [1.165, 1.54) is 61.6 Å². The molecule has 0 aromatic rings. The standard InChI is InChI=1S/C10H24SSi/c1-2-3-4-5-6-7-8-9-10(11)12/h10-11H,2-9H2,1,12H3. The highest BCUT2D eigenvalue weighted by Gasteiger charge is 1.94. The largest absolute Gasteiger partial charge is 0.180 e. The van der Waals surface area contributed by atoms with E-state index in [0.717, 1.165) is 4.87 Å². The van der Waals surface area contributed by atoms with Crippen molar-refractivity contribution in [3.8, 4) is 0 Å². The Morgan fingerprint density at radius 2 is 1.50 bits per heavy atom. The van der Waals surface area contributed by atoms with Crippen molar-refractivity contribution in [2.45, 2.75) is 63.2 Å². The molecule has 0 spiro atoms. The molecule has 2 heteroatoms. The van der Waals surface area contributed by atoms with Gasteiger partial charge < -0.3 is 0 Å². The van der Waals surface area contributed by atoms with Crippen LogP contribution < -0.4 is 0 Å². The Labute approximate surface area is 86.3 Å². The molecule has 12 heavy (non-hydrogen) atoms. The second kappa shape index (κ2) is 9.65. The van der Waals surface area contributed by atoms with E-state index in [1.807, 2.05) is 0 Å². The van der Waals surface area contributed by atoms with Gasteiger partial charge in [-0.1, -0.05) is 51.9 Å². The van der Waals surface area contributed by atoms with Crippen LogP contribution in [-0.2, 0) is 0 Å². The predicted molar refractivity (Wildman–Crippen MR) is 65.3 cm³/mol. The van der Waals surface area contributed by atoms with Crippen molar-refractivity contribution in [1.82, 2.24) is 0 Å². The van der Waals surface area contributed by atoms with Gasteiger partial charge in [-0.25, -0.2) is 0 Å². The van der Waals surface area contributed by atoms with Crippen molar-refractivity contribution in [3.63, 3.8) is 0 Å². The summed E-state index contributed by atoms with van der Waals surface area (Å²) in [6.07, 6.45) is 11.3. The van der Waals surface area contributed by atoms with Crippen molar-refractivity contribution >= 4 is 22.9 Å². The van der Waals surface area contributed by atoms with Crippen LogP contribution >= 0.6 is 12.6 Å². The minimum absolute atomic E-state index is 0.737. The maximum Gasteiger partial charge on any atom is 0.0189 e. The quantitative estimate of drug-likeness (QED) is 0.351. The van der Waals surface area contributed by atoms with Gasteiger partial charge in [0.1, 0.15) is 0 Å². The lowest BCUT2D eigenvalue weighted by Crippen LogP contribution is -1.95. The number of hydrogen-bond donors (Lipinski definition) is 1. The summed E-state index contributed by atoms with van der Waals surface area (Å²) < 4.78 is 0. The molecule has 0 saturated carbocycles. The Morgan fingerprint density at radius 1 is 1.00 bits per heavy atom. The zero-order valence-electron chi connectivity index (χ0n) is 8.68. The molecule has 0 aromatic carbocycles. The second-order valence-corrected chi connectivity index (χ2v) is 7.01. The Hall–Kier alpha value is 0.567. The zero-order valence-corrected chi connectivity index (χ0v) is 11.6. The predicted octanol–water partition coefficient (Wildman–Crippen LogP) is 2.75. The van der Waals surface area contributed by atoms with Crippen molar-refractivity contribution in [2.24, 2.45) is 0 Å². The smallest absolute Gasteiger partial charge is 0.0189 e. The molecule has 1 atom stereocenters. The fourth-order valence-electron chi connectivity index (χ4n) is 1.40. The van der Waals surface area contributed by atoms with Gasteiger partial charge in [0.15, 0.2) is 0 Å². The zero-order chi connectivity index (χ0) is 9.23. The first kappa shape index (κ1) is 12.6. The molecule has 0 saturated heterocycles. The molecule has 0 radical (unpaired) electrons. The van der Waals surface area contributed by atoms with Crippen LogP contribution in [0.2, 0.25) is 0 Å². The first-order valence-corrected chi connectivity index (χ1v) is 7.12. The Kier molecular flexibility index (Phi) is 10.1. The highest BCUT2D eigenvalue weighted by Crippen LogP contribution is 2.10. The molecule has 1 unspecified atom stereocenters. The number of thiol groups is 1. The minimum atomic E-state index is 0.737. The van der Waals surface area contributed by atoms with Gasteiger partial charge in [-0.2, -0.15) is 12.6 Å². The Balaban J connectivity index is 2.82. The summed E-state index contributed by atoms with van der Waals surface area (Å²) >= 11 is 4.42. The summed E-state index contributed by atoms with van der Waals surface area (Å²) in [6, 6.07) is 0. The fraction of sp³-hybridized carbons (Fsp3) is 1.00. The van der Waals surface area contributed by atoms with Gasteiger partial charge in [0.2, 0.25) is 0 Å². The molecular weight excluding hydrogens is 180 g/mol. The van der Waals surface area contributed by atoms with Crippen LogP contribution in [-0.4, -0.2) is 15.1 Å². The average Bonchev–Trinajstić information content (AvgIpc) is 2.02. The third kappa shape index (κ3) is 10.6. The first-order valence-electron chi connectivity index (χ1n) is 5.45. The molecule has 0 fully saturated rings. The van der Waals surface area contributed by atoms with Crippen molar-refractivity contribution < 1.29 is 0 Å². The number of unbranched alkanes of at least 4 members (excludes halogenated alkanes) is 6. The van der Waals surface area contributed by atoms with Gasteiger partial charge in [-0.05, 0) is 11.3 Å². The highest BCUT2D eigenvalue weighted by atomic mass is 32.1. The summed E-state index contributed by atoms with van der Waals surface area (Å²) in [5.74, 6) is 0. The third-order valence-corrected chi connectivity index (χ3v) is 3.06. The minimum Gasteiger partial charge on any atom is -0.180 e. The van der Waals surface area contributed by atoms with Crippen LogP contribution in [0.15, 0.2) is 0 Å². The summed E-state index contributed by atoms with van der Waals surface area (Å²) in [5, 5.41) is 0. The van der Waals surface area contributed by atoms with E-state index in [-0.39, 0.29) is 0 Å². The average molecular weight is 204 g/mol. The van der Waals surface area contributed by atoms with Crippen molar-refractivity contribution in [1.29, 1.82) is 0 Å². The fourth-order valence-corrected chi connectivity index (χ4v) is 1.99. The van der Waals surface area contributed by atoms with Crippen LogP contribution in [0, 0.1) is 0 Å². The van der Waals surface area contributed by atoms with Crippen LogP contribution in [0.3, 0.4) is 0 Å². The third-order valence-electron chi connectivity index (χ3n) is 2.23. The van der Waals surface area contributed by atoms with Gasteiger partial charge in [0.25, 0.3) is 0 Å². The van der Waals surface area contributed by atoms with Crippen LogP contribution in [0.25, 0.3) is 0 Å². The maximum absolute atomic E-state index is 4.42. The summed E-state index contributed by atoms with van der Waals surface area (Å²) in [4.78, 5) is 0.737. The molecule has 0 aliphatic rings. The normalized spacial score (nSPS) is 13.5. The Morgan fingerprint density at radius 3 is 2.00 bits per heavy atom. The molecule has 0 heterocycles. The van der Waals surface area contributed by atoms with E-state index >= 15 is 0 Å². The lowest BCUT2D eigenvalue weighted by Gasteiger charge is -2.03. The van der Waals surface area contributed by atoms with Gasteiger partial charge in [0.05, 0.1) is 0 Å².